The van der Waals surface area contributed by atoms with Gasteiger partial charge in [-0.1, -0.05) is 6.07 Å². The number of carbonyl (C=O) groups is 2. The molecule has 2 aliphatic rings. The fourth-order valence-electron chi connectivity index (χ4n) is 2.76. The van der Waals surface area contributed by atoms with Gasteiger partial charge in [-0.3, -0.25) is 4.79 Å². The van der Waals surface area contributed by atoms with Crippen molar-refractivity contribution in [3.8, 4) is 0 Å². The van der Waals surface area contributed by atoms with Crippen LogP contribution in [0.4, 0.5) is 0 Å². The monoisotopic (exact) mass is 323 g/mol. The van der Waals surface area contributed by atoms with Gasteiger partial charge in [0.05, 0.1) is 11.6 Å². The van der Waals surface area contributed by atoms with Crippen LogP contribution in [0.15, 0.2) is 23.1 Å². The van der Waals surface area contributed by atoms with Crippen LogP contribution in [0.3, 0.4) is 0 Å². The first-order chi connectivity index (χ1) is 10.1. The predicted molar refractivity (Wildman–Crippen MR) is 84.8 cm³/mol. The molecule has 1 aliphatic heterocycles. The Morgan fingerprint density at radius 2 is 2.14 bits per heavy atom. The summed E-state index contributed by atoms with van der Waals surface area (Å²) in [5, 5.41) is 9.11. The average molecular weight is 323 g/mol. The zero-order valence-electron chi connectivity index (χ0n) is 11.6. The van der Waals surface area contributed by atoms with Crippen LogP contribution < -0.4 is 0 Å². The number of benzene rings is 1. The van der Waals surface area contributed by atoms with Crippen LogP contribution in [-0.4, -0.2) is 45.3 Å². The second kappa shape index (κ2) is 6.32. The van der Waals surface area contributed by atoms with E-state index >= 15 is 0 Å². The Morgan fingerprint density at radius 1 is 1.33 bits per heavy atom. The minimum absolute atomic E-state index is 0.0853. The third-order valence-electron chi connectivity index (χ3n) is 3.92. The van der Waals surface area contributed by atoms with Crippen LogP contribution >= 0.6 is 23.5 Å². The summed E-state index contributed by atoms with van der Waals surface area (Å²) in [6, 6.07) is 5.73. The molecular weight excluding hydrogens is 306 g/mol. The zero-order chi connectivity index (χ0) is 14.8. The Kier molecular flexibility index (Phi) is 4.45. The Labute approximate surface area is 132 Å². The van der Waals surface area contributed by atoms with Crippen LogP contribution in [-0.2, 0) is 22.4 Å². The maximum atomic E-state index is 12.2. The second-order valence-electron chi connectivity index (χ2n) is 5.29. The van der Waals surface area contributed by atoms with Gasteiger partial charge in [-0.15, -0.1) is 23.5 Å². The molecule has 0 spiro atoms. The van der Waals surface area contributed by atoms with Gasteiger partial charge in [-0.25, -0.2) is 4.79 Å². The van der Waals surface area contributed by atoms with Crippen LogP contribution in [0.1, 0.15) is 17.5 Å². The van der Waals surface area contributed by atoms with E-state index in [0.29, 0.717) is 17.4 Å². The number of hydrogen-bond donors (Lipinski definition) is 1. The van der Waals surface area contributed by atoms with E-state index in [2.05, 4.69) is 18.2 Å². The number of carboxylic acid groups (broad SMARTS) is 1. The van der Waals surface area contributed by atoms with Gasteiger partial charge in [-0.05, 0) is 42.5 Å². The van der Waals surface area contributed by atoms with Crippen molar-refractivity contribution < 1.29 is 14.7 Å². The Bertz CT molecular complexity index is 576. The first-order valence-electron chi connectivity index (χ1n) is 7.00. The fraction of sp³-hybridized carbons (Fsp3) is 0.467. The van der Waals surface area contributed by atoms with Gasteiger partial charge in [-0.2, -0.15) is 0 Å². The number of aryl methyl sites for hydroxylation is 2. The van der Waals surface area contributed by atoms with Crippen molar-refractivity contribution in [3.05, 3.63) is 29.3 Å². The SMILES string of the molecule is O=C(O)[C@@H]1CSCN1C(=O)CSc1ccc2c(c1)CCC2. The van der Waals surface area contributed by atoms with Crippen molar-refractivity contribution >= 4 is 35.4 Å². The van der Waals surface area contributed by atoms with Crippen molar-refractivity contribution in [1.29, 1.82) is 0 Å². The topological polar surface area (TPSA) is 57.6 Å². The minimum Gasteiger partial charge on any atom is -0.480 e. The summed E-state index contributed by atoms with van der Waals surface area (Å²) in [6.07, 6.45) is 3.50. The lowest BCUT2D eigenvalue weighted by Crippen LogP contribution is -2.42. The fourth-order valence-corrected chi connectivity index (χ4v) is 4.78. The third kappa shape index (κ3) is 3.21. The van der Waals surface area contributed by atoms with Gasteiger partial charge in [0, 0.05) is 10.6 Å². The number of aliphatic carboxylic acids is 1. The van der Waals surface area contributed by atoms with Crippen molar-refractivity contribution in [1.82, 2.24) is 4.90 Å². The van der Waals surface area contributed by atoms with Crippen molar-refractivity contribution in [2.75, 3.05) is 17.4 Å². The number of fused-ring (bicyclic) bond motifs is 1. The summed E-state index contributed by atoms with van der Waals surface area (Å²) >= 11 is 3.00. The van der Waals surface area contributed by atoms with Crippen LogP contribution in [0.25, 0.3) is 0 Å². The van der Waals surface area contributed by atoms with E-state index in [9.17, 15) is 9.59 Å². The lowest BCUT2D eigenvalue weighted by molar-refractivity contribution is -0.146. The number of hydrogen-bond acceptors (Lipinski definition) is 4. The van der Waals surface area contributed by atoms with Crippen molar-refractivity contribution in [2.24, 2.45) is 0 Å². The molecule has 0 bridgehead atoms. The first-order valence-corrected chi connectivity index (χ1v) is 9.14. The largest absolute Gasteiger partial charge is 0.480 e. The van der Waals surface area contributed by atoms with E-state index in [4.69, 9.17) is 5.11 Å². The maximum Gasteiger partial charge on any atom is 0.327 e. The molecule has 4 nitrogen and oxygen atoms in total. The average Bonchev–Trinajstić information content (AvgIpc) is 3.12. The summed E-state index contributed by atoms with van der Waals surface area (Å²) < 4.78 is 0. The molecule has 21 heavy (non-hydrogen) atoms. The molecule has 1 aromatic carbocycles. The Hall–Kier alpha value is -1.14. The van der Waals surface area contributed by atoms with Gasteiger partial charge in [0.2, 0.25) is 5.91 Å². The van der Waals surface area contributed by atoms with E-state index in [-0.39, 0.29) is 5.91 Å². The van der Waals surface area contributed by atoms with E-state index in [1.54, 1.807) is 0 Å². The van der Waals surface area contributed by atoms with Gasteiger partial charge in [0.1, 0.15) is 6.04 Å². The smallest absolute Gasteiger partial charge is 0.327 e. The molecule has 1 heterocycles. The van der Waals surface area contributed by atoms with Gasteiger partial charge in [0.15, 0.2) is 0 Å². The molecule has 1 amide bonds. The van der Waals surface area contributed by atoms with Crippen molar-refractivity contribution in [3.63, 3.8) is 0 Å². The molecule has 0 aromatic heterocycles. The lowest BCUT2D eigenvalue weighted by atomic mass is 10.1. The molecule has 1 saturated heterocycles. The van der Waals surface area contributed by atoms with Crippen LogP contribution in [0.5, 0.6) is 0 Å². The van der Waals surface area contributed by atoms with Gasteiger partial charge in [0.25, 0.3) is 0 Å². The molecule has 1 atom stereocenters. The molecule has 3 rings (SSSR count). The van der Waals surface area contributed by atoms with E-state index in [1.807, 2.05) is 0 Å². The van der Waals surface area contributed by atoms with Crippen LogP contribution in [0, 0.1) is 0 Å². The highest BCUT2D eigenvalue weighted by molar-refractivity contribution is 8.00. The summed E-state index contributed by atoms with van der Waals surface area (Å²) in [5.74, 6) is 0.294. The summed E-state index contributed by atoms with van der Waals surface area (Å²) in [4.78, 5) is 25.9. The van der Waals surface area contributed by atoms with E-state index in [0.717, 1.165) is 17.7 Å². The molecule has 6 heteroatoms. The number of amides is 1. The van der Waals surface area contributed by atoms with E-state index < -0.39 is 12.0 Å². The second-order valence-corrected chi connectivity index (χ2v) is 7.34. The number of nitrogens with zero attached hydrogens (tertiary/aromatic N) is 1. The molecule has 1 N–H and O–H groups in total. The van der Waals surface area contributed by atoms with E-state index in [1.165, 1.54) is 46.0 Å². The maximum absolute atomic E-state index is 12.2. The highest BCUT2D eigenvalue weighted by atomic mass is 32.2. The third-order valence-corrected chi connectivity index (χ3v) is 5.91. The summed E-state index contributed by atoms with van der Waals surface area (Å²) in [7, 11) is 0. The number of carbonyl (C=O) groups excluding carboxylic acids is 1. The first kappa shape index (κ1) is 14.8. The number of rotatable bonds is 4. The molecular formula is C15H17NO3S2. The number of thioether (sulfide) groups is 2. The van der Waals surface area contributed by atoms with Crippen molar-refractivity contribution in [2.45, 2.75) is 30.2 Å². The normalized spacial score (nSPS) is 20.6. The molecule has 0 saturated carbocycles. The molecule has 0 radical (unpaired) electrons. The molecule has 1 aliphatic carbocycles. The Morgan fingerprint density at radius 3 is 2.95 bits per heavy atom. The van der Waals surface area contributed by atoms with Gasteiger partial charge >= 0.3 is 5.97 Å². The quantitative estimate of drug-likeness (QED) is 0.861. The predicted octanol–water partition coefficient (Wildman–Crippen LogP) is 2.25. The molecule has 1 aromatic rings. The molecule has 1 fully saturated rings. The lowest BCUT2D eigenvalue weighted by Gasteiger charge is -2.20. The molecule has 0 unspecified atom stereocenters. The summed E-state index contributed by atoms with van der Waals surface area (Å²) in [6.45, 7) is 0. The Balaban J connectivity index is 1.60. The number of carboxylic acids is 1. The zero-order valence-corrected chi connectivity index (χ0v) is 13.2. The standard InChI is InChI=1S/C15H17NO3S2/c17-14(16-9-20-7-13(16)15(18)19)8-21-12-5-4-10-2-1-3-11(10)6-12/h4-6,13H,1-3,7-9H2,(H,18,19)/t13-/m0/s1. The highest BCUT2D eigenvalue weighted by Gasteiger charge is 2.34. The van der Waals surface area contributed by atoms with Crippen LogP contribution in [0.2, 0.25) is 0 Å². The molecule has 112 valence electrons. The minimum atomic E-state index is -0.907. The highest BCUT2D eigenvalue weighted by Crippen LogP contribution is 2.28. The summed E-state index contributed by atoms with van der Waals surface area (Å²) in [5.41, 5.74) is 2.82. The van der Waals surface area contributed by atoms with Gasteiger partial charge < -0.3 is 10.0 Å².